The van der Waals surface area contributed by atoms with Crippen molar-refractivity contribution in [2.45, 2.75) is 6.42 Å². The van der Waals surface area contributed by atoms with Crippen molar-refractivity contribution in [3.63, 3.8) is 0 Å². The Labute approximate surface area is 162 Å². The molecular weight excluding hydrogens is 359 g/mol. The lowest BCUT2D eigenvalue weighted by atomic mass is 10.1. The fraction of sp³-hybridized carbons (Fsp3) is 0.333. The Morgan fingerprint density at radius 1 is 1.04 bits per heavy atom. The Morgan fingerprint density at radius 2 is 1.72 bits per heavy atom. The monoisotopic (exact) mass is 384 g/mol. The number of hydrogen-bond donors (Lipinski definition) is 1. The molecule has 0 aliphatic carbocycles. The number of carbonyl (C=O) groups is 1. The molecule has 2 rings (SSSR count). The molecule has 0 saturated carbocycles. The molecule has 7 heteroatoms. The summed E-state index contributed by atoms with van der Waals surface area (Å²) in [5, 5.41) is 0. The average molecular weight is 385 g/mol. The average Bonchev–Trinajstić information content (AvgIpc) is 2.59. The molecule has 0 atom stereocenters. The second-order valence-corrected chi connectivity index (χ2v) is 5.62. The summed E-state index contributed by atoms with van der Waals surface area (Å²) < 4.78 is 0. The van der Waals surface area contributed by atoms with Crippen LogP contribution in [0.4, 0.5) is 5.82 Å². The molecule has 0 fully saturated rings. The third-order valence-corrected chi connectivity index (χ3v) is 3.65. The van der Waals surface area contributed by atoms with Gasteiger partial charge in [0.25, 0.3) is 5.91 Å². The summed E-state index contributed by atoms with van der Waals surface area (Å²) in [6.45, 7) is 1.64. The molecule has 0 aliphatic rings. The Hall–Kier alpha value is -1.82. The van der Waals surface area contributed by atoms with Gasteiger partial charge < -0.3 is 15.5 Å². The Kier molecular flexibility index (Phi) is 10.8. The molecule has 1 amide bonds. The first kappa shape index (κ1) is 23.2. The van der Waals surface area contributed by atoms with Gasteiger partial charge in [-0.05, 0) is 24.1 Å². The molecule has 2 N–H and O–H groups in total. The minimum atomic E-state index is -0.0239. The highest BCUT2D eigenvalue weighted by Crippen LogP contribution is 2.11. The van der Waals surface area contributed by atoms with E-state index in [4.69, 9.17) is 5.73 Å². The van der Waals surface area contributed by atoms with Crippen LogP contribution in [0.15, 0.2) is 48.7 Å². The lowest BCUT2D eigenvalue weighted by Crippen LogP contribution is -2.37. The maximum atomic E-state index is 12.7. The highest BCUT2D eigenvalue weighted by atomic mass is 35.5. The van der Waals surface area contributed by atoms with E-state index in [1.807, 2.05) is 49.3 Å². The molecule has 2 aromatic rings. The minimum absolute atomic E-state index is 0. The number of amides is 1. The van der Waals surface area contributed by atoms with Crippen molar-refractivity contribution >= 4 is 36.5 Å². The van der Waals surface area contributed by atoms with Crippen LogP contribution in [-0.4, -0.2) is 49.5 Å². The van der Waals surface area contributed by atoms with Crippen LogP contribution in [-0.2, 0) is 6.42 Å². The predicted octanol–water partition coefficient (Wildman–Crippen LogP) is 2.63. The van der Waals surface area contributed by atoms with E-state index in [1.165, 1.54) is 5.56 Å². The van der Waals surface area contributed by atoms with Gasteiger partial charge in [-0.1, -0.05) is 30.3 Å². The maximum Gasteiger partial charge on any atom is 0.255 e. The summed E-state index contributed by atoms with van der Waals surface area (Å²) in [4.78, 5) is 20.7. The molecule has 0 unspecified atom stereocenters. The maximum absolute atomic E-state index is 12.7. The van der Waals surface area contributed by atoms with E-state index < -0.39 is 0 Å². The van der Waals surface area contributed by atoms with Gasteiger partial charge in [0.2, 0.25) is 0 Å². The van der Waals surface area contributed by atoms with Crippen molar-refractivity contribution in [3.05, 3.63) is 59.8 Å². The highest BCUT2D eigenvalue weighted by molar-refractivity contribution is 5.94. The van der Waals surface area contributed by atoms with Gasteiger partial charge in [0, 0.05) is 39.9 Å². The van der Waals surface area contributed by atoms with Crippen LogP contribution in [0.3, 0.4) is 0 Å². The highest BCUT2D eigenvalue weighted by Gasteiger charge is 2.15. The van der Waals surface area contributed by atoms with Gasteiger partial charge in [-0.3, -0.25) is 4.79 Å². The van der Waals surface area contributed by atoms with Crippen molar-refractivity contribution in [3.8, 4) is 0 Å². The van der Waals surface area contributed by atoms with Crippen LogP contribution in [0.25, 0.3) is 0 Å². The molecular formula is C18H26Cl2N4O. The summed E-state index contributed by atoms with van der Waals surface area (Å²) in [7, 11) is 3.84. The van der Waals surface area contributed by atoms with Gasteiger partial charge >= 0.3 is 0 Å². The number of aromatic nitrogens is 1. The Morgan fingerprint density at radius 3 is 2.24 bits per heavy atom. The summed E-state index contributed by atoms with van der Waals surface area (Å²) >= 11 is 0. The van der Waals surface area contributed by atoms with Gasteiger partial charge in [-0.2, -0.15) is 0 Å². The fourth-order valence-electron chi connectivity index (χ4n) is 2.34. The number of benzene rings is 1. The van der Waals surface area contributed by atoms with E-state index in [0.717, 1.165) is 12.2 Å². The molecule has 0 aliphatic heterocycles. The number of rotatable bonds is 7. The molecule has 1 aromatic carbocycles. The second-order valence-electron chi connectivity index (χ2n) is 5.62. The zero-order valence-corrected chi connectivity index (χ0v) is 16.2. The van der Waals surface area contributed by atoms with Crippen LogP contribution in [0, 0.1) is 0 Å². The quantitative estimate of drug-likeness (QED) is 0.796. The first-order chi connectivity index (χ1) is 11.1. The number of halogens is 2. The predicted molar refractivity (Wildman–Crippen MR) is 108 cm³/mol. The van der Waals surface area contributed by atoms with E-state index in [-0.39, 0.29) is 30.7 Å². The van der Waals surface area contributed by atoms with Crippen molar-refractivity contribution < 1.29 is 4.79 Å². The summed E-state index contributed by atoms with van der Waals surface area (Å²) in [5.41, 5.74) is 7.47. The van der Waals surface area contributed by atoms with Crippen molar-refractivity contribution in [2.24, 2.45) is 5.73 Å². The molecule has 0 radical (unpaired) electrons. The van der Waals surface area contributed by atoms with Gasteiger partial charge in [-0.15, -0.1) is 24.8 Å². The number of nitrogens with two attached hydrogens (primary N) is 1. The third-order valence-electron chi connectivity index (χ3n) is 3.65. The molecule has 0 bridgehead atoms. The zero-order chi connectivity index (χ0) is 16.7. The number of pyridine rings is 1. The Bertz CT molecular complexity index is 621. The third kappa shape index (κ3) is 6.90. The standard InChI is InChI=1S/C18H24N4O.2ClH/c1-21(2)17-9-8-16(14-20-17)18(23)22(13-11-19)12-10-15-6-4-3-5-7-15;;/h3-9,14H,10-13,19H2,1-2H3;2*1H. The van der Waals surface area contributed by atoms with E-state index in [0.29, 0.717) is 25.2 Å². The van der Waals surface area contributed by atoms with E-state index in [9.17, 15) is 4.79 Å². The summed E-state index contributed by atoms with van der Waals surface area (Å²) in [6, 6.07) is 13.8. The molecule has 0 saturated heterocycles. The zero-order valence-electron chi connectivity index (χ0n) is 14.6. The summed E-state index contributed by atoms with van der Waals surface area (Å²) in [5.74, 6) is 0.806. The number of nitrogens with zero attached hydrogens (tertiary/aromatic N) is 3. The van der Waals surface area contributed by atoms with E-state index in [2.05, 4.69) is 17.1 Å². The molecule has 138 valence electrons. The van der Waals surface area contributed by atoms with Crippen LogP contribution < -0.4 is 10.6 Å². The number of hydrogen-bond acceptors (Lipinski definition) is 4. The van der Waals surface area contributed by atoms with Crippen molar-refractivity contribution in [1.82, 2.24) is 9.88 Å². The van der Waals surface area contributed by atoms with Gasteiger partial charge in [-0.25, -0.2) is 4.98 Å². The summed E-state index contributed by atoms with van der Waals surface area (Å²) in [6.07, 6.45) is 2.44. The Balaban J connectivity index is 0.00000288. The van der Waals surface area contributed by atoms with Gasteiger partial charge in [0.1, 0.15) is 5.82 Å². The molecule has 1 heterocycles. The number of anilines is 1. The van der Waals surface area contributed by atoms with E-state index in [1.54, 1.807) is 11.1 Å². The molecule has 0 spiro atoms. The lowest BCUT2D eigenvalue weighted by Gasteiger charge is -2.22. The topological polar surface area (TPSA) is 62.5 Å². The lowest BCUT2D eigenvalue weighted by molar-refractivity contribution is 0.0761. The van der Waals surface area contributed by atoms with Crippen LogP contribution in [0.5, 0.6) is 0 Å². The van der Waals surface area contributed by atoms with Crippen LogP contribution in [0.2, 0.25) is 0 Å². The van der Waals surface area contributed by atoms with Gasteiger partial charge in [0.15, 0.2) is 0 Å². The minimum Gasteiger partial charge on any atom is -0.363 e. The van der Waals surface area contributed by atoms with Crippen LogP contribution in [0.1, 0.15) is 15.9 Å². The molecule has 1 aromatic heterocycles. The van der Waals surface area contributed by atoms with E-state index >= 15 is 0 Å². The second kappa shape index (κ2) is 11.7. The SMILES string of the molecule is CN(C)c1ccc(C(=O)N(CCN)CCc2ccccc2)cn1.Cl.Cl. The fourth-order valence-corrected chi connectivity index (χ4v) is 2.34. The van der Waals surface area contributed by atoms with Gasteiger partial charge in [0.05, 0.1) is 5.56 Å². The normalized spacial score (nSPS) is 9.56. The smallest absolute Gasteiger partial charge is 0.255 e. The van der Waals surface area contributed by atoms with Crippen LogP contribution >= 0.6 is 24.8 Å². The largest absolute Gasteiger partial charge is 0.363 e. The number of carbonyl (C=O) groups excluding carboxylic acids is 1. The van der Waals surface area contributed by atoms with Crippen molar-refractivity contribution in [2.75, 3.05) is 38.6 Å². The molecule has 5 nitrogen and oxygen atoms in total. The first-order valence-corrected chi connectivity index (χ1v) is 7.78. The first-order valence-electron chi connectivity index (χ1n) is 7.78. The molecule has 25 heavy (non-hydrogen) atoms. The van der Waals surface area contributed by atoms with Crippen molar-refractivity contribution in [1.29, 1.82) is 0 Å².